The Bertz CT molecular complexity index is 777. The van der Waals surface area contributed by atoms with Crippen molar-refractivity contribution in [3.8, 4) is 0 Å². The Morgan fingerprint density at radius 2 is 2.12 bits per heavy atom. The lowest BCUT2D eigenvalue weighted by molar-refractivity contribution is -0.0150. The van der Waals surface area contributed by atoms with E-state index in [-0.39, 0.29) is 24.7 Å². The highest BCUT2D eigenvalue weighted by molar-refractivity contribution is 6.03. The van der Waals surface area contributed by atoms with Crippen LogP contribution in [-0.4, -0.2) is 39.3 Å². The summed E-state index contributed by atoms with van der Waals surface area (Å²) in [6, 6.07) is 10.1. The van der Waals surface area contributed by atoms with Crippen molar-refractivity contribution in [1.29, 1.82) is 0 Å². The van der Waals surface area contributed by atoms with Crippen molar-refractivity contribution in [2.24, 2.45) is 5.73 Å². The van der Waals surface area contributed by atoms with Gasteiger partial charge in [0.25, 0.3) is 5.91 Å². The highest BCUT2D eigenvalue weighted by atomic mass is 16.5. The zero-order valence-corrected chi connectivity index (χ0v) is 12.8. The standard InChI is InChI=1S/C16H18N4O4/c17-9-12-11(21)8-14(24-12)20-7-6-13(19-16(20)23)18-15(22)10-4-2-1-3-5-10/h1-7,11-12,14,21H,8-9,17H2,(H,18,19,22,23). The molecule has 8 nitrogen and oxygen atoms in total. The van der Waals surface area contributed by atoms with E-state index in [0.29, 0.717) is 5.56 Å². The molecule has 1 amide bonds. The number of carbonyl (C=O) groups excluding carboxylic acids is 1. The quantitative estimate of drug-likeness (QED) is 0.731. The van der Waals surface area contributed by atoms with E-state index in [0.717, 1.165) is 0 Å². The fourth-order valence-electron chi connectivity index (χ4n) is 2.58. The second-order valence-electron chi connectivity index (χ2n) is 5.49. The van der Waals surface area contributed by atoms with Gasteiger partial charge in [0.05, 0.1) is 12.2 Å². The highest BCUT2D eigenvalue weighted by Gasteiger charge is 2.34. The molecule has 8 heteroatoms. The minimum Gasteiger partial charge on any atom is -0.390 e. The van der Waals surface area contributed by atoms with Gasteiger partial charge in [-0.25, -0.2) is 4.79 Å². The Morgan fingerprint density at radius 3 is 2.75 bits per heavy atom. The summed E-state index contributed by atoms with van der Waals surface area (Å²) in [6.45, 7) is 0.172. The molecule has 1 aliphatic heterocycles. The third-order valence-corrected chi connectivity index (χ3v) is 3.85. The van der Waals surface area contributed by atoms with Gasteiger partial charge in [-0.2, -0.15) is 4.98 Å². The molecule has 0 saturated carbocycles. The molecular weight excluding hydrogens is 312 g/mol. The molecule has 2 heterocycles. The van der Waals surface area contributed by atoms with Crippen LogP contribution in [0.4, 0.5) is 5.82 Å². The topological polar surface area (TPSA) is 119 Å². The number of aliphatic hydroxyl groups excluding tert-OH is 1. The van der Waals surface area contributed by atoms with Crippen molar-refractivity contribution in [3.05, 3.63) is 58.6 Å². The summed E-state index contributed by atoms with van der Waals surface area (Å²) in [5.41, 5.74) is 5.40. The van der Waals surface area contributed by atoms with Gasteiger partial charge in [-0.15, -0.1) is 0 Å². The van der Waals surface area contributed by atoms with E-state index in [1.54, 1.807) is 30.3 Å². The van der Waals surface area contributed by atoms with Crippen LogP contribution in [0.25, 0.3) is 0 Å². The summed E-state index contributed by atoms with van der Waals surface area (Å²) in [4.78, 5) is 28.1. The van der Waals surface area contributed by atoms with Crippen molar-refractivity contribution in [1.82, 2.24) is 9.55 Å². The van der Waals surface area contributed by atoms with Crippen LogP contribution in [0.15, 0.2) is 47.4 Å². The molecule has 1 aliphatic rings. The molecule has 4 N–H and O–H groups in total. The fraction of sp³-hybridized carbons (Fsp3) is 0.312. The largest absolute Gasteiger partial charge is 0.390 e. The lowest BCUT2D eigenvalue weighted by Crippen LogP contribution is -2.30. The number of hydrogen-bond acceptors (Lipinski definition) is 6. The number of nitrogens with one attached hydrogen (secondary N) is 1. The number of carbonyl (C=O) groups is 1. The summed E-state index contributed by atoms with van der Waals surface area (Å²) in [6.07, 6.45) is -0.0954. The Balaban J connectivity index is 1.74. The Hall–Kier alpha value is -2.55. The number of anilines is 1. The summed E-state index contributed by atoms with van der Waals surface area (Å²) in [5, 5.41) is 12.4. The molecule has 1 aromatic carbocycles. The van der Waals surface area contributed by atoms with Crippen LogP contribution >= 0.6 is 0 Å². The van der Waals surface area contributed by atoms with Crippen molar-refractivity contribution in [2.45, 2.75) is 24.9 Å². The molecule has 3 atom stereocenters. The zero-order valence-electron chi connectivity index (χ0n) is 12.8. The molecular formula is C16H18N4O4. The molecule has 2 aromatic rings. The number of aliphatic hydroxyl groups is 1. The molecule has 0 spiro atoms. The summed E-state index contributed by atoms with van der Waals surface area (Å²) in [5.74, 6) is -0.199. The Morgan fingerprint density at radius 1 is 1.38 bits per heavy atom. The number of aromatic nitrogens is 2. The van der Waals surface area contributed by atoms with Crippen LogP contribution in [0.1, 0.15) is 23.0 Å². The molecule has 0 aliphatic carbocycles. The van der Waals surface area contributed by atoms with Crippen molar-refractivity contribution in [2.75, 3.05) is 11.9 Å². The maximum Gasteiger partial charge on any atom is 0.351 e. The average Bonchev–Trinajstić information content (AvgIpc) is 2.96. The predicted molar refractivity (Wildman–Crippen MR) is 86.5 cm³/mol. The smallest absolute Gasteiger partial charge is 0.351 e. The molecule has 24 heavy (non-hydrogen) atoms. The maximum atomic E-state index is 12.2. The molecule has 126 valence electrons. The average molecular weight is 330 g/mol. The second-order valence-corrected chi connectivity index (χ2v) is 5.49. The van der Waals surface area contributed by atoms with Gasteiger partial charge in [-0.1, -0.05) is 18.2 Å². The molecule has 1 saturated heterocycles. The molecule has 3 rings (SSSR count). The van der Waals surface area contributed by atoms with Gasteiger partial charge < -0.3 is 20.9 Å². The van der Waals surface area contributed by atoms with Crippen LogP contribution in [0.5, 0.6) is 0 Å². The number of benzene rings is 1. The minimum atomic E-state index is -0.718. The van der Waals surface area contributed by atoms with Gasteiger partial charge in [-0.3, -0.25) is 9.36 Å². The molecule has 1 fully saturated rings. The van der Waals surface area contributed by atoms with Crippen molar-refractivity contribution in [3.63, 3.8) is 0 Å². The normalized spacial score (nSPS) is 23.2. The summed E-state index contributed by atoms with van der Waals surface area (Å²) < 4.78 is 6.82. The van der Waals surface area contributed by atoms with E-state index in [1.807, 2.05) is 0 Å². The van der Waals surface area contributed by atoms with Gasteiger partial charge in [0.1, 0.15) is 12.0 Å². The molecule has 3 unspecified atom stereocenters. The number of nitrogens with two attached hydrogens (primary N) is 1. The lowest BCUT2D eigenvalue weighted by atomic mass is 10.2. The van der Waals surface area contributed by atoms with E-state index in [1.165, 1.54) is 16.8 Å². The first-order valence-electron chi connectivity index (χ1n) is 7.57. The Labute approximate surface area is 137 Å². The zero-order chi connectivity index (χ0) is 17.1. The fourth-order valence-corrected chi connectivity index (χ4v) is 2.58. The van der Waals surface area contributed by atoms with Gasteiger partial charge in [-0.05, 0) is 18.2 Å². The van der Waals surface area contributed by atoms with Crippen molar-refractivity contribution < 1.29 is 14.6 Å². The number of ether oxygens (including phenoxy) is 1. The molecule has 0 radical (unpaired) electrons. The first kappa shape index (κ1) is 16.3. The summed E-state index contributed by atoms with van der Waals surface area (Å²) >= 11 is 0. The molecule has 0 bridgehead atoms. The monoisotopic (exact) mass is 330 g/mol. The van der Waals surface area contributed by atoms with Gasteiger partial charge in [0.15, 0.2) is 0 Å². The van der Waals surface area contributed by atoms with E-state index < -0.39 is 24.1 Å². The van der Waals surface area contributed by atoms with Gasteiger partial charge in [0, 0.05) is 24.7 Å². The van der Waals surface area contributed by atoms with Crippen LogP contribution in [0.3, 0.4) is 0 Å². The third kappa shape index (κ3) is 3.35. The van der Waals surface area contributed by atoms with Crippen LogP contribution in [-0.2, 0) is 4.74 Å². The number of amides is 1. The third-order valence-electron chi connectivity index (χ3n) is 3.85. The van der Waals surface area contributed by atoms with Crippen LogP contribution in [0, 0.1) is 0 Å². The number of hydrogen-bond donors (Lipinski definition) is 3. The predicted octanol–water partition coefficient (Wildman–Crippen LogP) is 0.103. The SMILES string of the molecule is NCC1OC(n2ccc(NC(=O)c3ccccc3)nc2=O)CC1O. The number of nitrogens with zero attached hydrogens (tertiary/aromatic N) is 2. The van der Waals surface area contributed by atoms with Crippen LogP contribution in [0.2, 0.25) is 0 Å². The van der Waals surface area contributed by atoms with Crippen molar-refractivity contribution >= 4 is 11.7 Å². The minimum absolute atomic E-state index is 0.152. The van der Waals surface area contributed by atoms with Gasteiger partial charge in [0.2, 0.25) is 0 Å². The van der Waals surface area contributed by atoms with E-state index in [2.05, 4.69) is 10.3 Å². The highest BCUT2D eigenvalue weighted by Crippen LogP contribution is 2.27. The molecule has 1 aromatic heterocycles. The Kier molecular flexibility index (Phi) is 4.70. The van der Waals surface area contributed by atoms with E-state index >= 15 is 0 Å². The first-order chi connectivity index (χ1) is 11.6. The van der Waals surface area contributed by atoms with Crippen LogP contribution < -0.4 is 16.7 Å². The maximum absolute atomic E-state index is 12.2. The van der Waals surface area contributed by atoms with E-state index in [4.69, 9.17) is 10.5 Å². The summed E-state index contributed by atoms with van der Waals surface area (Å²) in [7, 11) is 0. The second kappa shape index (κ2) is 6.91. The first-order valence-corrected chi connectivity index (χ1v) is 7.57. The van der Waals surface area contributed by atoms with E-state index in [9.17, 15) is 14.7 Å². The van der Waals surface area contributed by atoms with Gasteiger partial charge >= 0.3 is 5.69 Å². The lowest BCUT2D eigenvalue weighted by Gasteiger charge is -2.14. The number of rotatable bonds is 4.